The van der Waals surface area contributed by atoms with E-state index in [1.54, 1.807) is 24.4 Å². The number of aromatic nitrogens is 1. The van der Waals surface area contributed by atoms with Crippen LogP contribution >= 0.6 is 23.2 Å². The molecule has 0 N–H and O–H groups in total. The number of hydrogen-bond acceptors (Lipinski definition) is 3. The van der Waals surface area contributed by atoms with Gasteiger partial charge in [-0.25, -0.2) is 0 Å². The van der Waals surface area contributed by atoms with Gasteiger partial charge in [-0.05, 0) is 42.8 Å². The number of alkyl halides is 3. The monoisotopic (exact) mass is 478 g/mol. The number of hydrogen-bond donors (Lipinski definition) is 0. The number of nitrogens with zero attached hydrogens (tertiary/aromatic N) is 3. The molecular formula is C23H17Cl2F3N3O-. The van der Waals surface area contributed by atoms with Crippen molar-refractivity contribution in [2.24, 2.45) is 5.16 Å². The second kappa shape index (κ2) is 8.64. The molecule has 0 fully saturated rings. The van der Waals surface area contributed by atoms with Gasteiger partial charge in [0.2, 0.25) is 0 Å². The van der Waals surface area contributed by atoms with Gasteiger partial charge in [-0.2, -0.15) is 13.2 Å². The molecule has 4 nitrogen and oxygen atoms in total. The average Bonchev–Trinajstić information content (AvgIpc) is 3.20. The summed E-state index contributed by atoms with van der Waals surface area (Å²) in [5.41, 5.74) is 0.0927. The summed E-state index contributed by atoms with van der Waals surface area (Å²) in [5, 5.41) is 8.53. The fourth-order valence-corrected chi connectivity index (χ4v) is 3.99. The highest BCUT2D eigenvalue weighted by Crippen LogP contribution is 2.50. The van der Waals surface area contributed by atoms with Gasteiger partial charge >= 0.3 is 6.18 Å². The molecule has 2 heterocycles. The Morgan fingerprint density at radius 3 is 2.47 bits per heavy atom. The highest BCUT2D eigenvalue weighted by Gasteiger charge is 2.62. The maximum Gasteiger partial charge on any atom is 0.435 e. The highest BCUT2D eigenvalue weighted by atomic mass is 35.5. The number of oxime groups is 1. The van der Waals surface area contributed by atoms with Gasteiger partial charge in [0.25, 0.3) is 5.60 Å². The van der Waals surface area contributed by atoms with Gasteiger partial charge in [-0.1, -0.05) is 64.7 Å². The molecule has 166 valence electrons. The number of pyridine rings is 1. The lowest BCUT2D eigenvalue weighted by Gasteiger charge is -2.29. The predicted molar refractivity (Wildman–Crippen MR) is 119 cm³/mol. The number of rotatable bonds is 5. The highest BCUT2D eigenvalue weighted by molar-refractivity contribution is 6.34. The van der Waals surface area contributed by atoms with Crippen molar-refractivity contribution in [2.45, 2.75) is 31.7 Å². The Morgan fingerprint density at radius 2 is 1.81 bits per heavy atom. The van der Waals surface area contributed by atoms with Crippen molar-refractivity contribution in [1.29, 1.82) is 0 Å². The zero-order chi connectivity index (χ0) is 22.9. The van der Waals surface area contributed by atoms with Crippen LogP contribution < -0.4 is 0 Å². The smallest absolute Gasteiger partial charge is 0.435 e. The van der Waals surface area contributed by atoms with Gasteiger partial charge in [0.15, 0.2) is 0 Å². The quantitative estimate of drug-likeness (QED) is 0.381. The predicted octanol–water partition coefficient (Wildman–Crippen LogP) is 7.48. The van der Waals surface area contributed by atoms with E-state index >= 15 is 0 Å². The molecule has 1 aromatic heterocycles. The van der Waals surface area contributed by atoms with Crippen LogP contribution in [0.5, 0.6) is 0 Å². The minimum Gasteiger partial charge on any atom is -0.679 e. The first-order valence-electron chi connectivity index (χ1n) is 9.65. The van der Waals surface area contributed by atoms with E-state index in [0.717, 1.165) is 11.3 Å². The third-order valence-corrected chi connectivity index (χ3v) is 5.63. The van der Waals surface area contributed by atoms with E-state index in [9.17, 15) is 13.2 Å². The molecule has 1 aliphatic heterocycles. The molecule has 1 atom stereocenters. The summed E-state index contributed by atoms with van der Waals surface area (Å²) in [5.74, 6) is 0. The molecule has 0 saturated heterocycles. The van der Waals surface area contributed by atoms with Crippen LogP contribution in [0.1, 0.15) is 28.8 Å². The Morgan fingerprint density at radius 1 is 1.06 bits per heavy atom. The Labute approximate surface area is 193 Å². The van der Waals surface area contributed by atoms with Crippen LogP contribution in [0.25, 0.3) is 5.32 Å². The third kappa shape index (κ3) is 4.40. The second-order valence-corrected chi connectivity index (χ2v) is 8.30. The molecule has 2 aromatic carbocycles. The van der Waals surface area contributed by atoms with Crippen molar-refractivity contribution < 1.29 is 18.0 Å². The standard InChI is InChI=1S/C23H17Cl2F3N3O/c1-14-5-6-15(8-20(14)30-13-19-4-2-3-7-29-19)21-12-22(32-31-21,23(26,27)28)16-9-17(24)11-18(25)10-16/h2-11H,12-13H2,1H3/q-1. The third-order valence-electron chi connectivity index (χ3n) is 5.19. The van der Waals surface area contributed by atoms with Gasteiger partial charge in [-0.3, -0.25) is 4.98 Å². The van der Waals surface area contributed by atoms with Crippen molar-refractivity contribution in [3.05, 3.63) is 98.5 Å². The first-order valence-corrected chi connectivity index (χ1v) is 10.4. The Bertz CT molecular complexity index is 1150. The largest absolute Gasteiger partial charge is 0.679 e. The van der Waals surface area contributed by atoms with E-state index in [1.807, 2.05) is 25.1 Å². The van der Waals surface area contributed by atoms with Crippen molar-refractivity contribution in [3.63, 3.8) is 0 Å². The summed E-state index contributed by atoms with van der Waals surface area (Å²) in [4.78, 5) is 9.31. The molecule has 0 bridgehead atoms. The van der Waals surface area contributed by atoms with Crippen LogP contribution in [0.2, 0.25) is 10.0 Å². The fourth-order valence-electron chi connectivity index (χ4n) is 3.46. The topological polar surface area (TPSA) is 48.6 Å². The van der Waals surface area contributed by atoms with Crippen LogP contribution in [0.15, 0.2) is 65.9 Å². The van der Waals surface area contributed by atoms with Crippen molar-refractivity contribution >= 4 is 34.6 Å². The molecule has 1 aliphatic rings. The fraction of sp³-hybridized carbons (Fsp3) is 0.217. The zero-order valence-corrected chi connectivity index (χ0v) is 18.3. The molecule has 9 heteroatoms. The Balaban J connectivity index is 1.62. The molecular weight excluding hydrogens is 462 g/mol. The van der Waals surface area contributed by atoms with E-state index in [0.29, 0.717) is 17.8 Å². The summed E-state index contributed by atoms with van der Waals surface area (Å²) >= 11 is 11.9. The zero-order valence-electron chi connectivity index (χ0n) is 16.8. The minimum atomic E-state index is -4.75. The average molecular weight is 479 g/mol. The van der Waals surface area contributed by atoms with Gasteiger partial charge in [0, 0.05) is 33.9 Å². The summed E-state index contributed by atoms with van der Waals surface area (Å²) in [6, 6.07) is 14.5. The van der Waals surface area contributed by atoms with Crippen LogP contribution in [0.3, 0.4) is 0 Å². The van der Waals surface area contributed by atoms with E-state index in [2.05, 4.69) is 15.5 Å². The summed E-state index contributed by atoms with van der Waals surface area (Å²) in [6.07, 6.45) is -3.59. The maximum atomic E-state index is 14.2. The van der Waals surface area contributed by atoms with E-state index in [-0.39, 0.29) is 21.3 Å². The first-order chi connectivity index (χ1) is 15.2. The molecule has 0 aliphatic carbocycles. The molecule has 0 saturated carbocycles. The number of halogens is 5. The maximum absolute atomic E-state index is 14.2. The van der Waals surface area contributed by atoms with Crippen LogP contribution in [-0.4, -0.2) is 16.9 Å². The van der Waals surface area contributed by atoms with Crippen LogP contribution in [0.4, 0.5) is 18.9 Å². The van der Waals surface area contributed by atoms with Crippen molar-refractivity contribution in [2.75, 3.05) is 0 Å². The summed E-state index contributed by atoms with van der Waals surface area (Å²) in [7, 11) is 0. The molecule has 1 unspecified atom stereocenters. The van der Waals surface area contributed by atoms with Crippen molar-refractivity contribution in [1.82, 2.24) is 4.98 Å². The molecule has 0 amide bonds. The summed E-state index contributed by atoms with van der Waals surface area (Å²) in [6.45, 7) is 2.23. The van der Waals surface area contributed by atoms with Gasteiger partial charge in [0.1, 0.15) is 0 Å². The van der Waals surface area contributed by atoms with Crippen LogP contribution in [0, 0.1) is 6.92 Å². The normalized spacial score (nSPS) is 18.2. The lowest BCUT2D eigenvalue weighted by Crippen LogP contribution is -2.42. The van der Waals surface area contributed by atoms with Crippen molar-refractivity contribution in [3.8, 4) is 0 Å². The molecule has 3 aromatic rings. The second-order valence-electron chi connectivity index (χ2n) is 7.43. The number of aryl methyl sites for hydroxylation is 1. The molecule has 4 rings (SSSR count). The van der Waals surface area contributed by atoms with E-state index in [1.165, 1.54) is 18.2 Å². The Hall–Kier alpha value is -2.77. The number of benzene rings is 2. The molecule has 0 radical (unpaired) electrons. The molecule has 0 spiro atoms. The molecule has 32 heavy (non-hydrogen) atoms. The van der Waals surface area contributed by atoms with E-state index in [4.69, 9.17) is 28.0 Å². The van der Waals surface area contributed by atoms with Gasteiger partial charge in [0.05, 0.1) is 5.71 Å². The lowest BCUT2D eigenvalue weighted by molar-refractivity contribution is -0.275. The SMILES string of the molecule is Cc1ccc(C2=NOC(c3cc(Cl)cc(Cl)c3)(C(F)(F)F)C2)cc1[N-]Cc1ccccn1. The minimum absolute atomic E-state index is 0.0825. The van der Waals surface area contributed by atoms with Crippen LogP contribution in [-0.2, 0) is 17.0 Å². The van der Waals surface area contributed by atoms with Gasteiger partial charge in [-0.15, -0.1) is 5.69 Å². The summed E-state index contributed by atoms with van der Waals surface area (Å²) < 4.78 is 42.6. The van der Waals surface area contributed by atoms with Gasteiger partial charge < -0.3 is 10.2 Å². The Kier molecular flexibility index (Phi) is 6.05. The van der Waals surface area contributed by atoms with E-state index < -0.39 is 18.2 Å². The lowest BCUT2D eigenvalue weighted by atomic mass is 9.86. The first kappa shape index (κ1) is 22.4.